The number of hydrogen-bond donors (Lipinski definition) is 0. The molecule has 5 heterocycles. The van der Waals surface area contributed by atoms with E-state index in [9.17, 15) is 5.26 Å². The number of rotatable bonds is 2. The molecule has 4 aromatic rings. The van der Waals surface area contributed by atoms with Crippen molar-refractivity contribution in [2.75, 3.05) is 4.90 Å². The van der Waals surface area contributed by atoms with Gasteiger partial charge in [-0.3, -0.25) is 9.47 Å². The highest BCUT2D eigenvalue weighted by Gasteiger charge is 2.41. The van der Waals surface area contributed by atoms with E-state index < -0.39 is 5.62 Å². The number of fused-ring (bicyclic) bond motifs is 6. The summed E-state index contributed by atoms with van der Waals surface area (Å²) >= 11 is 6.56. The summed E-state index contributed by atoms with van der Waals surface area (Å²) in [6.07, 6.45) is 3.72. The quantitative estimate of drug-likeness (QED) is 0.274. The Hall–Kier alpha value is -4.10. The van der Waals surface area contributed by atoms with Gasteiger partial charge in [0, 0.05) is 5.56 Å². The van der Waals surface area contributed by atoms with Crippen molar-refractivity contribution in [2.45, 2.75) is 12.5 Å². The average molecular weight is 419 g/mol. The second-order valence-corrected chi connectivity index (χ2v) is 7.10. The lowest BCUT2D eigenvalue weighted by atomic mass is 10.1. The third-order valence-electron chi connectivity index (χ3n) is 4.93. The Kier molecular flexibility index (Phi) is 3.33. The van der Waals surface area contributed by atoms with Crippen LogP contribution in [0.2, 0.25) is 0 Å². The van der Waals surface area contributed by atoms with E-state index in [2.05, 4.69) is 26.5 Å². The van der Waals surface area contributed by atoms with Crippen LogP contribution in [0.5, 0.6) is 0 Å². The molecule has 30 heavy (non-hydrogen) atoms. The zero-order valence-electron chi connectivity index (χ0n) is 15.4. The van der Waals surface area contributed by atoms with E-state index in [1.807, 2.05) is 42.2 Å². The number of aromatic nitrogens is 5. The van der Waals surface area contributed by atoms with E-state index in [1.54, 1.807) is 16.8 Å². The van der Waals surface area contributed by atoms with Crippen LogP contribution in [0.25, 0.3) is 40.5 Å². The number of anilines is 1. The molecule has 1 atom stereocenters. The summed E-state index contributed by atoms with van der Waals surface area (Å²) in [4.78, 5) is 7.60. The number of hydrogen-bond acceptors (Lipinski definition) is 9. The van der Waals surface area contributed by atoms with E-state index >= 15 is 0 Å². The molecule has 1 unspecified atom stereocenters. The van der Waals surface area contributed by atoms with Crippen molar-refractivity contribution in [3.05, 3.63) is 48.4 Å². The summed E-state index contributed by atoms with van der Waals surface area (Å²) in [6.45, 7) is 1.83. The van der Waals surface area contributed by atoms with E-state index in [-0.39, 0.29) is 11.7 Å². The number of nitriles is 1. The zero-order valence-corrected chi connectivity index (χ0v) is 16.1. The van der Waals surface area contributed by atoms with E-state index in [0.29, 0.717) is 23.2 Å². The molecule has 0 spiro atoms. The fourth-order valence-corrected chi connectivity index (χ4v) is 3.92. The summed E-state index contributed by atoms with van der Waals surface area (Å²) in [7, 11) is 0. The van der Waals surface area contributed by atoms with Gasteiger partial charge in [0.05, 0.1) is 11.9 Å². The van der Waals surface area contributed by atoms with Crippen LogP contribution in [0.4, 0.5) is 5.69 Å². The van der Waals surface area contributed by atoms with Crippen LogP contribution in [0.1, 0.15) is 5.76 Å². The molecule has 0 amide bonds. The van der Waals surface area contributed by atoms with Gasteiger partial charge in [-0.05, 0) is 31.2 Å². The number of benzene rings is 1. The smallest absolute Gasteiger partial charge is 0.294 e. The van der Waals surface area contributed by atoms with Gasteiger partial charge in [-0.2, -0.15) is 10.2 Å². The molecule has 10 nitrogen and oxygen atoms in total. The Bertz CT molecular complexity index is 1380. The van der Waals surface area contributed by atoms with Crippen molar-refractivity contribution >= 4 is 23.1 Å². The molecular weight excluding hydrogens is 408 g/mol. The Morgan fingerprint density at radius 2 is 1.97 bits per heavy atom. The molecule has 0 aliphatic carbocycles. The molecule has 0 N–H and O–H groups in total. The van der Waals surface area contributed by atoms with Gasteiger partial charge in [-0.25, -0.2) is 4.90 Å². The first kappa shape index (κ1) is 16.8. The minimum Gasteiger partial charge on any atom is -0.456 e. The first-order chi connectivity index (χ1) is 14.7. The number of para-hydroxylation sites is 1. The maximum Gasteiger partial charge on any atom is 0.294 e. The van der Waals surface area contributed by atoms with Gasteiger partial charge in [0.2, 0.25) is 11.6 Å². The summed E-state index contributed by atoms with van der Waals surface area (Å²) in [5.41, 5.74) is 0.929. The predicted octanol–water partition coefficient (Wildman–Crippen LogP) is 3.46. The third kappa shape index (κ3) is 2.18. The predicted molar refractivity (Wildman–Crippen MR) is 105 cm³/mol. The summed E-state index contributed by atoms with van der Waals surface area (Å²) in [5.74, 6) is 3.23. The summed E-state index contributed by atoms with van der Waals surface area (Å²) in [5, 5.41) is 22.2. The largest absolute Gasteiger partial charge is 0.456 e. The lowest BCUT2D eigenvalue weighted by molar-refractivity contribution is 0.413. The minimum atomic E-state index is -0.721. The molecule has 0 fully saturated rings. The number of alkyl halides is 1. The molecule has 2 aliphatic heterocycles. The highest BCUT2D eigenvalue weighted by molar-refractivity contribution is 6.23. The topological polar surface area (TPSA) is 113 Å². The molecule has 146 valence electrons. The van der Waals surface area contributed by atoms with Crippen LogP contribution in [-0.4, -0.2) is 35.4 Å². The first-order valence-corrected chi connectivity index (χ1v) is 9.38. The Balaban J connectivity index is 1.54. The van der Waals surface area contributed by atoms with E-state index in [1.165, 1.54) is 4.90 Å². The van der Waals surface area contributed by atoms with Gasteiger partial charge >= 0.3 is 0 Å². The van der Waals surface area contributed by atoms with Crippen LogP contribution < -0.4 is 4.90 Å². The molecule has 0 bridgehead atoms. The second-order valence-electron chi connectivity index (χ2n) is 6.71. The molecule has 0 saturated carbocycles. The first-order valence-electron chi connectivity index (χ1n) is 8.95. The number of aryl methyl sites for hydroxylation is 1. The molecule has 0 saturated heterocycles. The molecule has 6 rings (SSSR count). The standard InChI is InChI=1S/C19H11ClN8O2/c1-10-6-7-13(29-10)18-22-15(25-30-18)17-24-23-16-11-4-2-3-5-12(11)27-14(28(16)17)8-26(9-21)19(27)20/h2-8,19H,1H3. The normalized spacial score (nSPS) is 16.7. The lowest BCUT2D eigenvalue weighted by Crippen LogP contribution is -2.36. The second kappa shape index (κ2) is 5.95. The Morgan fingerprint density at radius 3 is 2.77 bits per heavy atom. The van der Waals surface area contributed by atoms with Crippen molar-refractivity contribution in [2.24, 2.45) is 0 Å². The fourth-order valence-electron chi connectivity index (χ4n) is 3.62. The molecular formula is C19H11ClN8O2. The molecule has 3 aromatic heterocycles. The maximum absolute atomic E-state index is 9.48. The van der Waals surface area contributed by atoms with Crippen molar-refractivity contribution in [3.63, 3.8) is 0 Å². The Labute approximate surface area is 174 Å². The monoisotopic (exact) mass is 418 g/mol. The van der Waals surface area contributed by atoms with Crippen LogP contribution >= 0.6 is 11.6 Å². The minimum absolute atomic E-state index is 0.234. The Morgan fingerprint density at radius 1 is 1.13 bits per heavy atom. The highest BCUT2D eigenvalue weighted by atomic mass is 35.5. The maximum atomic E-state index is 9.48. The van der Waals surface area contributed by atoms with Crippen LogP contribution in [0, 0.1) is 18.4 Å². The van der Waals surface area contributed by atoms with Crippen LogP contribution in [0.3, 0.4) is 0 Å². The number of halogens is 1. The highest BCUT2D eigenvalue weighted by Crippen LogP contribution is 2.46. The van der Waals surface area contributed by atoms with Crippen molar-refractivity contribution in [1.29, 1.82) is 5.26 Å². The fraction of sp³-hybridized carbons (Fsp3) is 0.105. The van der Waals surface area contributed by atoms with Gasteiger partial charge in [0.1, 0.15) is 11.6 Å². The van der Waals surface area contributed by atoms with Crippen molar-refractivity contribution in [3.8, 4) is 40.9 Å². The van der Waals surface area contributed by atoms with E-state index in [4.69, 9.17) is 20.5 Å². The van der Waals surface area contributed by atoms with E-state index in [0.717, 1.165) is 17.0 Å². The molecule has 0 radical (unpaired) electrons. The number of furan rings is 1. The van der Waals surface area contributed by atoms with Crippen LogP contribution in [-0.2, 0) is 0 Å². The lowest BCUT2D eigenvalue weighted by Gasteiger charge is -2.32. The van der Waals surface area contributed by atoms with Crippen LogP contribution in [0.15, 0.2) is 51.5 Å². The zero-order chi connectivity index (χ0) is 20.4. The average Bonchev–Trinajstić information content (AvgIpc) is 3.53. The SMILES string of the molecule is Cc1ccc(-c2nc(-c3nnc4n3C3=CN(C#N)C(Cl)N3c3ccccc3-4)no2)o1. The number of nitrogens with zero attached hydrogens (tertiary/aromatic N) is 8. The third-order valence-corrected chi connectivity index (χ3v) is 5.34. The molecule has 2 aliphatic rings. The van der Waals surface area contributed by atoms with Crippen molar-refractivity contribution < 1.29 is 8.94 Å². The van der Waals surface area contributed by atoms with Gasteiger partial charge < -0.3 is 8.94 Å². The summed E-state index contributed by atoms with van der Waals surface area (Å²) < 4.78 is 12.7. The summed E-state index contributed by atoms with van der Waals surface area (Å²) in [6, 6.07) is 11.2. The van der Waals surface area contributed by atoms with Gasteiger partial charge in [0.25, 0.3) is 5.89 Å². The molecule has 11 heteroatoms. The molecule has 1 aromatic carbocycles. The van der Waals surface area contributed by atoms with Gasteiger partial charge in [0.15, 0.2) is 23.4 Å². The van der Waals surface area contributed by atoms with Gasteiger partial charge in [-0.1, -0.05) is 28.9 Å². The van der Waals surface area contributed by atoms with Crippen molar-refractivity contribution in [1.82, 2.24) is 29.8 Å². The van der Waals surface area contributed by atoms with Gasteiger partial charge in [-0.15, -0.1) is 10.2 Å².